The van der Waals surface area contributed by atoms with Gasteiger partial charge in [-0.2, -0.15) is 0 Å². The highest BCUT2D eigenvalue weighted by Gasteiger charge is 2.10. The molecule has 1 aromatic rings. The molecule has 0 aliphatic carbocycles. The third kappa shape index (κ3) is 1.95. The molecule has 1 rings (SSSR count). The van der Waals surface area contributed by atoms with Crippen LogP contribution in [0.1, 0.15) is 16.3 Å². The van der Waals surface area contributed by atoms with E-state index in [4.69, 9.17) is 17.2 Å². The lowest BCUT2D eigenvalue weighted by Gasteiger charge is -1.87. The number of hydrogen-bond donors (Lipinski definition) is 4. The molecule has 1 heterocycles. The minimum absolute atomic E-state index is 0. The second-order valence-electron chi connectivity index (χ2n) is 2.01. The maximum absolute atomic E-state index is 10.6. The zero-order valence-electron chi connectivity index (χ0n) is 6.20. The first kappa shape index (κ1) is 10.9. The number of nitrogens with zero attached hydrogens (tertiary/aromatic N) is 1. The molecular formula is C5H10BrN5O. The van der Waals surface area contributed by atoms with E-state index in [2.05, 4.69) is 9.97 Å². The first-order valence-corrected chi connectivity index (χ1v) is 2.99. The Bertz CT molecular complexity index is 283. The molecule has 12 heavy (non-hydrogen) atoms. The van der Waals surface area contributed by atoms with Crippen molar-refractivity contribution in [1.82, 2.24) is 9.97 Å². The Morgan fingerprint density at radius 3 is 2.42 bits per heavy atom. The highest BCUT2D eigenvalue weighted by Crippen LogP contribution is 2.05. The number of halogens is 1. The molecule has 7 N–H and O–H groups in total. The maximum Gasteiger partial charge on any atom is 0.269 e. The third-order valence-electron chi connectivity index (χ3n) is 1.22. The Balaban J connectivity index is 0.00000121. The number of amides is 1. The van der Waals surface area contributed by atoms with Gasteiger partial charge >= 0.3 is 0 Å². The van der Waals surface area contributed by atoms with Crippen molar-refractivity contribution < 1.29 is 4.79 Å². The number of anilines is 1. The van der Waals surface area contributed by atoms with Crippen LogP contribution in [0.3, 0.4) is 0 Å². The van der Waals surface area contributed by atoms with E-state index >= 15 is 0 Å². The van der Waals surface area contributed by atoms with E-state index in [0.29, 0.717) is 5.82 Å². The van der Waals surface area contributed by atoms with Crippen molar-refractivity contribution in [2.75, 3.05) is 5.73 Å². The SMILES string of the molecule is Br.NCc1nc(N)c(C(N)=O)[nH]1. The number of hydrogen-bond acceptors (Lipinski definition) is 4. The normalized spacial score (nSPS) is 9.08. The predicted octanol–water partition coefficient (Wildman–Crippen LogP) is -0.873. The molecule has 0 aromatic carbocycles. The Hall–Kier alpha value is -1.08. The number of nitrogen functional groups attached to an aromatic ring is 1. The highest BCUT2D eigenvalue weighted by atomic mass is 79.9. The van der Waals surface area contributed by atoms with Crippen molar-refractivity contribution in [1.29, 1.82) is 0 Å². The number of primary amides is 1. The fourth-order valence-electron chi connectivity index (χ4n) is 0.722. The van der Waals surface area contributed by atoms with E-state index in [9.17, 15) is 4.79 Å². The summed E-state index contributed by atoms with van der Waals surface area (Å²) in [6, 6.07) is 0. The Morgan fingerprint density at radius 1 is 1.58 bits per heavy atom. The molecule has 0 bridgehead atoms. The molecule has 0 radical (unpaired) electrons. The number of aromatic nitrogens is 2. The van der Waals surface area contributed by atoms with Crippen molar-refractivity contribution in [2.24, 2.45) is 11.5 Å². The first-order valence-electron chi connectivity index (χ1n) is 2.99. The quantitative estimate of drug-likeness (QED) is 0.532. The number of carbonyl (C=O) groups excluding carboxylic acids is 1. The molecule has 0 spiro atoms. The van der Waals surface area contributed by atoms with Gasteiger partial charge in [-0.15, -0.1) is 17.0 Å². The summed E-state index contributed by atoms with van der Waals surface area (Å²) in [7, 11) is 0. The van der Waals surface area contributed by atoms with E-state index in [1.54, 1.807) is 0 Å². The van der Waals surface area contributed by atoms with Gasteiger partial charge in [-0.1, -0.05) is 0 Å². The van der Waals surface area contributed by atoms with Crippen LogP contribution in [0.5, 0.6) is 0 Å². The van der Waals surface area contributed by atoms with E-state index in [-0.39, 0.29) is 35.0 Å². The molecule has 68 valence electrons. The monoisotopic (exact) mass is 235 g/mol. The van der Waals surface area contributed by atoms with Gasteiger partial charge in [0.15, 0.2) is 5.82 Å². The molecule has 0 saturated heterocycles. The van der Waals surface area contributed by atoms with Crippen molar-refractivity contribution in [2.45, 2.75) is 6.54 Å². The fourth-order valence-corrected chi connectivity index (χ4v) is 0.722. The van der Waals surface area contributed by atoms with Gasteiger partial charge in [0.2, 0.25) is 0 Å². The van der Waals surface area contributed by atoms with Gasteiger partial charge in [-0.25, -0.2) is 4.98 Å². The first-order chi connectivity index (χ1) is 5.15. The van der Waals surface area contributed by atoms with E-state index < -0.39 is 5.91 Å². The lowest BCUT2D eigenvalue weighted by molar-refractivity contribution is 0.0997. The molecule has 0 saturated carbocycles. The summed E-state index contributed by atoms with van der Waals surface area (Å²) in [5, 5.41) is 0. The number of carbonyl (C=O) groups is 1. The van der Waals surface area contributed by atoms with E-state index in [1.807, 2.05) is 0 Å². The van der Waals surface area contributed by atoms with Crippen LogP contribution < -0.4 is 17.2 Å². The van der Waals surface area contributed by atoms with Crippen LogP contribution >= 0.6 is 17.0 Å². The van der Waals surface area contributed by atoms with Crippen LogP contribution in [0.15, 0.2) is 0 Å². The van der Waals surface area contributed by atoms with Crippen molar-refractivity contribution in [3.63, 3.8) is 0 Å². The number of H-pyrrole nitrogens is 1. The van der Waals surface area contributed by atoms with Gasteiger partial charge in [0, 0.05) is 0 Å². The van der Waals surface area contributed by atoms with Gasteiger partial charge in [-0.05, 0) is 0 Å². The standard InChI is InChI=1S/C5H9N5O.BrH/c6-1-2-9-3(5(8)11)4(7)10-2;/h1,6-7H2,(H2,8,11)(H,9,10);1H. The second-order valence-corrected chi connectivity index (χ2v) is 2.01. The molecule has 0 aliphatic rings. The number of rotatable bonds is 2. The van der Waals surface area contributed by atoms with Gasteiger partial charge in [0.25, 0.3) is 5.91 Å². The fraction of sp³-hybridized carbons (Fsp3) is 0.200. The number of nitrogens with one attached hydrogen (secondary N) is 1. The van der Waals surface area contributed by atoms with Crippen LogP contribution in [0.25, 0.3) is 0 Å². The number of aromatic amines is 1. The summed E-state index contributed by atoms with van der Waals surface area (Å²) in [6.07, 6.45) is 0. The number of imidazole rings is 1. The molecule has 7 heteroatoms. The second kappa shape index (κ2) is 4.07. The van der Waals surface area contributed by atoms with Gasteiger partial charge in [0.1, 0.15) is 11.5 Å². The average molecular weight is 236 g/mol. The summed E-state index contributed by atoms with van der Waals surface area (Å²) >= 11 is 0. The molecule has 1 amide bonds. The molecule has 0 fully saturated rings. The van der Waals surface area contributed by atoms with Crippen LogP contribution in [0.4, 0.5) is 5.82 Å². The zero-order valence-corrected chi connectivity index (χ0v) is 7.92. The summed E-state index contributed by atoms with van der Waals surface area (Å²) in [4.78, 5) is 16.9. The van der Waals surface area contributed by atoms with Gasteiger partial charge in [-0.3, -0.25) is 4.79 Å². The van der Waals surface area contributed by atoms with Crippen molar-refractivity contribution >= 4 is 28.7 Å². The lowest BCUT2D eigenvalue weighted by atomic mass is 10.4. The molecule has 1 aromatic heterocycles. The van der Waals surface area contributed by atoms with Gasteiger partial charge in [0.05, 0.1) is 6.54 Å². The summed E-state index contributed by atoms with van der Waals surface area (Å²) < 4.78 is 0. The predicted molar refractivity (Wildman–Crippen MR) is 49.7 cm³/mol. The molecule has 0 unspecified atom stereocenters. The summed E-state index contributed by atoms with van der Waals surface area (Å²) in [5.41, 5.74) is 15.6. The Kier molecular flexibility index (Phi) is 3.71. The molecular weight excluding hydrogens is 226 g/mol. The Morgan fingerprint density at radius 2 is 2.17 bits per heavy atom. The van der Waals surface area contributed by atoms with Crippen LogP contribution in [-0.2, 0) is 6.54 Å². The average Bonchev–Trinajstić information content (AvgIpc) is 2.30. The van der Waals surface area contributed by atoms with Crippen molar-refractivity contribution in [3.05, 3.63) is 11.5 Å². The maximum atomic E-state index is 10.6. The smallest absolute Gasteiger partial charge is 0.269 e. The van der Waals surface area contributed by atoms with Gasteiger partial charge < -0.3 is 22.2 Å². The van der Waals surface area contributed by atoms with Crippen LogP contribution in [0.2, 0.25) is 0 Å². The molecule has 0 atom stereocenters. The topological polar surface area (TPSA) is 124 Å². The molecule has 0 aliphatic heterocycles. The Labute approximate surface area is 79.3 Å². The minimum Gasteiger partial charge on any atom is -0.382 e. The third-order valence-corrected chi connectivity index (χ3v) is 1.22. The summed E-state index contributed by atoms with van der Waals surface area (Å²) in [6.45, 7) is 0.206. The minimum atomic E-state index is -0.630. The van der Waals surface area contributed by atoms with Crippen molar-refractivity contribution in [3.8, 4) is 0 Å². The largest absolute Gasteiger partial charge is 0.382 e. The van der Waals surface area contributed by atoms with E-state index in [1.165, 1.54) is 0 Å². The zero-order chi connectivity index (χ0) is 8.43. The number of nitrogens with two attached hydrogens (primary N) is 3. The van der Waals surface area contributed by atoms with Crippen LogP contribution in [0, 0.1) is 0 Å². The lowest BCUT2D eigenvalue weighted by Crippen LogP contribution is -2.13. The highest BCUT2D eigenvalue weighted by molar-refractivity contribution is 8.93. The molecule has 6 nitrogen and oxygen atoms in total. The van der Waals surface area contributed by atoms with E-state index in [0.717, 1.165) is 0 Å². The summed E-state index contributed by atoms with van der Waals surface area (Å²) in [5.74, 6) is -0.0797. The van der Waals surface area contributed by atoms with Crippen LogP contribution in [-0.4, -0.2) is 15.9 Å².